The Morgan fingerprint density at radius 2 is 1.04 bits per heavy atom. The van der Waals surface area contributed by atoms with Gasteiger partial charge in [0.15, 0.2) is 0 Å². The molecule has 0 aromatic carbocycles. The van der Waals surface area contributed by atoms with Crippen molar-refractivity contribution in [3.63, 3.8) is 0 Å². The molecule has 6 heteroatoms. The van der Waals surface area contributed by atoms with Crippen LogP contribution in [0, 0.1) is 0 Å². The van der Waals surface area contributed by atoms with Gasteiger partial charge in [0.05, 0.1) is 39.3 Å². The maximum absolute atomic E-state index is 11.4. The lowest BCUT2D eigenvalue weighted by Gasteiger charge is -2.19. The zero-order valence-corrected chi connectivity index (χ0v) is 15.8. The van der Waals surface area contributed by atoms with Crippen LogP contribution in [0.5, 0.6) is 0 Å². The third kappa shape index (κ3) is 17.0. The molecule has 0 saturated heterocycles. The fourth-order valence-corrected chi connectivity index (χ4v) is 1.53. The molecule has 0 N–H and O–H groups in total. The highest BCUT2D eigenvalue weighted by atomic mass is 16.6. The van der Waals surface area contributed by atoms with E-state index in [4.69, 9.17) is 18.9 Å². The molecule has 140 valence electrons. The van der Waals surface area contributed by atoms with Crippen molar-refractivity contribution in [1.82, 2.24) is 0 Å². The first-order valence-corrected chi connectivity index (χ1v) is 8.24. The van der Waals surface area contributed by atoms with Gasteiger partial charge in [0.25, 0.3) is 0 Å². The molecule has 0 aliphatic heterocycles. The summed E-state index contributed by atoms with van der Waals surface area (Å²) in [7, 11) is 0. The van der Waals surface area contributed by atoms with E-state index in [-0.39, 0.29) is 24.8 Å². The lowest BCUT2D eigenvalue weighted by molar-refractivity contribution is -0.157. The quantitative estimate of drug-likeness (QED) is 0.345. The van der Waals surface area contributed by atoms with Crippen LogP contribution in [-0.4, -0.2) is 49.6 Å². The standard InChI is InChI=1S/C18H32O6/c1-17(2,3)23-15(19)9-13-21-11-7-8-12-22-14-10-16(20)24-18(4,5)6/h7-8H,9-14H2,1-6H3. The molecular weight excluding hydrogens is 312 g/mol. The SMILES string of the molecule is CC(C)(C)OC(=O)CCOCC=CCOCCC(=O)OC(C)(C)C. The maximum atomic E-state index is 11.4. The van der Waals surface area contributed by atoms with E-state index in [9.17, 15) is 9.59 Å². The van der Waals surface area contributed by atoms with Crippen LogP contribution in [0.15, 0.2) is 12.2 Å². The van der Waals surface area contributed by atoms with Crippen molar-refractivity contribution in [3.05, 3.63) is 12.2 Å². The van der Waals surface area contributed by atoms with Crippen molar-refractivity contribution < 1.29 is 28.5 Å². The maximum Gasteiger partial charge on any atom is 0.308 e. The summed E-state index contributed by atoms with van der Waals surface area (Å²) in [5, 5.41) is 0. The van der Waals surface area contributed by atoms with Crippen molar-refractivity contribution in [1.29, 1.82) is 0 Å². The Hall–Kier alpha value is -1.40. The highest BCUT2D eigenvalue weighted by molar-refractivity contribution is 5.70. The Bertz CT molecular complexity index is 363. The van der Waals surface area contributed by atoms with E-state index in [0.29, 0.717) is 26.4 Å². The lowest BCUT2D eigenvalue weighted by Crippen LogP contribution is -2.24. The van der Waals surface area contributed by atoms with E-state index in [1.54, 1.807) is 0 Å². The average molecular weight is 344 g/mol. The average Bonchev–Trinajstić information content (AvgIpc) is 2.36. The molecule has 0 atom stereocenters. The van der Waals surface area contributed by atoms with E-state index in [1.165, 1.54) is 0 Å². The van der Waals surface area contributed by atoms with Crippen molar-refractivity contribution in [3.8, 4) is 0 Å². The van der Waals surface area contributed by atoms with Gasteiger partial charge in [0, 0.05) is 0 Å². The second-order valence-electron chi connectivity index (χ2n) is 7.29. The van der Waals surface area contributed by atoms with Crippen molar-refractivity contribution in [2.45, 2.75) is 65.6 Å². The van der Waals surface area contributed by atoms with Gasteiger partial charge in [-0.2, -0.15) is 0 Å². The molecule has 0 unspecified atom stereocenters. The van der Waals surface area contributed by atoms with Crippen LogP contribution < -0.4 is 0 Å². The molecule has 0 saturated carbocycles. The molecule has 6 nitrogen and oxygen atoms in total. The number of carbonyl (C=O) groups excluding carboxylic acids is 2. The minimum absolute atomic E-state index is 0.234. The Kier molecular flexibility index (Phi) is 10.6. The van der Waals surface area contributed by atoms with Gasteiger partial charge in [0.2, 0.25) is 0 Å². The van der Waals surface area contributed by atoms with Gasteiger partial charge >= 0.3 is 11.9 Å². The third-order valence-corrected chi connectivity index (χ3v) is 2.34. The summed E-state index contributed by atoms with van der Waals surface area (Å²) in [4.78, 5) is 22.9. The van der Waals surface area contributed by atoms with Gasteiger partial charge in [-0.15, -0.1) is 0 Å². The molecule has 0 aromatic heterocycles. The molecule has 0 amide bonds. The van der Waals surface area contributed by atoms with E-state index in [1.807, 2.05) is 53.7 Å². The molecule has 24 heavy (non-hydrogen) atoms. The molecule has 0 aromatic rings. The Morgan fingerprint density at radius 3 is 1.33 bits per heavy atom. The topological polar surface area (TPSA) is 71.1 Å². The van der Waals surface area contributed by atoms with Crippen LogP contribution >= 0.6 is 0 Å². The molecule has 0 fully saturated rings. The molecule has 0 radical (unpaired) electrons. The summed E-state index contributed by atoms with van der Waals surface area (Å²) in [5.41, 5.74) is -0.929. The van der Waals surface area contributed by atoms with E-state index < -0.39 is 11.2 Å². The van der Waals surface area contributed by atoms with E-state index in [0.717, 1.165) is 0 Å². The highest BCUT2D eigenvalue weighted by Crippen LogP contribution is 2.08. The smallest absolute Gasteiger partial charge is 0.308 e. The van der Waals surface area contributed by atoms with Crippen LogP contribution in [0.1, 0.15) is 54.4 Å². The monoisotopic (exact) mass is 344 g/mol. The molecule has 0 aliphatic rings. The second kappa shape index (κ2) is 11.2. The number of hydrogen-bond donors (Lipinski definition) is 0. The molecule has 0 rings (SSSR count). The fraction of sp³-hybridized carbons (Fsp3) is 0.778. The van der Waals surface area contributed by atoms with Gasteiger partial charge in [-0.25, -0.2) is 0 Å². The van der Waals surface area contributed by atoms with Gasteiger partial charge in [-0.05, 0) is 41.5 Å². The van der Waals surface area contributed by atoms with Gasteiger partial charge in [-0.1, -0.05) is 12.2 Å². The van der Waals surface area contributed by atoms with Gasteiger partial charge < -0.3 is 18.9 Å². The summed E-state index contributed by atoms with van der Waals surface area (Å²) in [5.74, 6) is -0.533. The van der Waals surface area contributed by atoms with Crippen LogP contribution in [0.4, 0.5) is 0 Å². The van der Waals surface area contributed by atoms with E-state index in [2.05, 4.69) is 0 Å². The summed E-state index contributed by atoms with van der Waals surface area (Å²) >= 11 is 0. The van der Waals surface area contributed by atoms with Crippen LogP contribution in [0.25, 0.3) is 0 Å². The van der Waals surface area contributed by atoms with Crippen molar-refractivity contribution in [2.75, 3.05) is 26.4 Å². The van der Waals surface area contributed by atoms with Crippen LogP contribution in [-0.2, 0) is 28.5 Å². The zero-order chi connectivity index (χ0) is 18.6. The van der Waals surface area contributed by atoms with Gasteiger partial charge in [0.1, 0.15) is 11.2 Å². The van der Waals surface area contributed by atoms with Crippen molar-refractivity contribution >= 4 is 11.9 Å². The number of ether oxygens (including phenoxy) is 4. The number of esters is 2. The summed E-state index contributed by atoms with van der Waals surface area (Å²) < 4.78 is 20.9. The largest absolute Gasteiger partial charge is 0.460 e. The van der Waals surface area contributed by atoms with Crippen molar-refractivity contribution in [2.24, 2.45) is 0 Å². The first-order valence-electron chi connectivity index (χ1n) is 8.24. The molecule has 0 spiro atoms. The zero-order valence-electron chi connectivity index (χ0n) is 15.8. The molecular formula is C18H32O6. The second-order valence-corrected chi connectivity index (χ2v) is 7.29. The first kappa shape index (κ1) is 22.6. The molecule has 0 bridgehead atoms. The summed E-state index contributed by atoms with van der Waals surface area (Å²) in [6.45, 7) is 12.4. The minimum atomic E-state index is -0.465. The lowest BCUT2D eigenvalue weighted by atomic mass is 10.2. The fourth-order valence-electron chi connectivity index (χ4n) is 1.53. The highest BCUT2D eigenvalue weighted by Gasteiger charge is 2.16. The van der Waals surface area contributed by atoms with Crippen LogP contribution in [0.2, 0.25) is 0 Å². The predicted molar refractivity (Wildman–Crippen MR) is 91.7 cm³/mol. The Morgan fingerprint density at radius 1 is 0.708 bits per heavy atom. The normalized spacial score (nSPS) is 12.4. The third-order valence-electron chi connectivity index (χ3n) is 2.34. The number of rotatable bonds is 10. The Balaban J connectivity index is 3.51. The van der Waals surface area contributed by atoms with Crippen LogP contribution in [0.3, 0.4) is 0 Å². The predicted octanol–water partition coefficient (Wildman–Crippen LogP) is 3.04. The number of carbonyl (C=O) groups is 2. The Labute approximate surface area is 145 Å². The molecule has 0 heterocycles. The molecule has 0 aliphatic carbocycles. The first-order chi connectivity index (χ1) is 11.0. The number of hydrogen-bond acceptors (Lipinski definition) is 6. The van der Waals surface area contributed by atoms with Gasteiger partial charge in [-0.3, -0.25) is 9.59 Å². The van der Waals surface area contributed by atoms with E-state index >= 15 is 0 Å². The summed E-state index contributed by atoms with van der Waals surface area (Å²) in [6, 6.07) is 0. The summed E-state index contributed by atoms with van der Waals surface area (Å²) in [6.07, 6.45) is 4.08. The minimum Gasteiger partial charge on any atom is -0.460 e.